The van der Waals surface area contributed by atoms with E-state index < -0.39 is 4.92 Å². The van der Waals surface area contributed by atoms with Gasteiger partial charge in [0.1, 0.15) is 5.75 Å². The lowest BCUT2D eigenvalue weighted by molar-refractivity contribution is -0.386. The fourth-order valence-electron chi connectivity index (χ4n) is 1.57. The fraction of sp³-hybridized carbons (Fsp3) is 0.538. The van der Waals surface area contributed by atoms with Crippen LogP contribution in [0.1, 0.15) is 13.8 Å². The van der Waals surface area contributed by atoms with E-state index in [0.29, 0.717) is 12.4 Å². The molecule has 6 nitrogen and oxygen atoms in total. The predicted octanol–water partition coefficient (Wildman–Crippen LogP) is 2.23. The summed E-state index contributed by atoms with van der Waals surface area (Å²) in [5.74, 6) is 0.996. The highest BCUT2D eigenvalue weighted by Crippen LogP contribution is 2.31. The fourth-order valence-corrected chi connectivity index (χ4v) is 1.57. The van der Waals surface area contributed by atoms with Crippen LogP contribution in [0.2, 0.25) is 0 Å². The molecule has 0 amide bonds. The lowest BCUT2D eigenvalue weighted by atomic mass is 10.2. The van der Waals surface area contributed by atoms with Gasteiger partial charge >= 0.3 is 5.69 Å². The molecule has 0 saturated heterocycles. The molecule has 1 aromatic carbocycles. The SMILES string of the molecule is CCNCC(C)COc1ccc(OC)cc1[N+](=O)[O-]. The topological polar surface area (TPSA) is 73.6 Å². The Labute approximate surface area is 112 Å². The molecule has 1 atom stereocenters. The Morgan fingerprint density at radius 1 is 1.47 bits per heavy atom. The molecule has 106 valence electrons. The minimum Gasteiger partial charge on any atom is -0.496 e. The van der Waals surface area contributed by atoms with Crippen LogP contribution in [0.25, 0.3) is 0 Å². The number of benzene rings is 1. The maximum Gasteiger partial charge on any atom is 0.314 e. The zero-order valence-corrected chi connectivity index (χ0v) is 11.5. The van der Waals surface area contributed by atoms with Gasteiger partial charge in [-0.1, -0.05) is 13.8 Å². The van der Waals surface area contributed by atoms with Gasteiger partial charge in [-0.3, -0.25) is 10.1 Å². The van der Waals surface area contributed by atoms with Gasteiger partial charge in [0.2, 0.25) is 0 Å². The largest absolute Gasteiger partial charge is 0.496 e. The number of methoxy groups -OCH3 is 1. The molecule has 6 heteroatoms. The van der Waals surface area contributed by atoms with E-state index in [4.69, 9.17) is 9.47 Å². The highest BCUT2D eigenvalue weighted by atomic mass is 16.6. The second-order valence-electron chi connectivity index (χ2n) is 4.31. The number of hydrogen-bond acceptors (Lipinski definition) is 5. The van der Waals surface area contributed by atoms with E-state index in [1.54, 1.807) is 12.1 Å². The summed E-state index contributed by atoms with van der Waals surface area (Å²) in [6.45, 7) is 6.20. The first-order chi connectivity index (χ1) is 9.08. The van der Waals surface area contributed by atoms with E-state index >= 15 is 0 Å². The first kappa shape index (κ1) is 15.2. The Bertz CT molecular complexity index is 423. The van der Waals surface area contributed by atoms with E-state index in [0.717, 1.165) is 13.1 Å². The first-order valence-corrected chi connectivity index (χ1v) is 6.24. The third-order valence-electron chi connectivity index (χ3n) is 2.63. The van der Waals surface area contributed by atoms with Gasteiger partial charge < -0.3 is 14.8 Å². The summed E-state index contributed by atoms with van der Waals surface area (Å²) >= 11 is 0. The third-order valence-corrected chi connectivity index (χ3v) is 2.63. The van der Waals surface area contributed by atoms with Crippen LogP contribution in [0.5, 0.6) is 11.5 Å². The van der Waals surface area contributed by atoms with Crippen LogP contribution in [0.15, 0.2) is 18.2 Å². The average Bonchev–Trinajstić information content (AvgIpc) is 2.42. The molecule has 0 radical (unpaired) electrons. The number of nitrogens with zero attached hydrogens (tertiary/aromatic N) is 1. The van der Waals surface area contributed by atoms with Crippen molar-refractivity contribution in [1.82, 2.24) is 5.32 Å². The quantitative estimate of drug-likeness (QED) is 0.578. The molecule has 0 aromatic heterocycles. The smallest absolute Gasteiger partial charge is 0.314 e. The highest BCUT2D eigenvalue weighted by molar-refractivity contribution is 5.50. The molecule has 19 heavy (non-hydrogen) atoms. The summed E-state index contributed by atoms with van der Waals surface area (Å²) in [4.78, 5) is 10.5. The van der Waals surface area contributed by atoms with Gasteiger partial charge in [-0.15, -0.1) is 0 Å². The number of nitrogens with one attached hydrogen (secondary N) is 1. The molecule has 0 bridgehead atoms. The van der Waals surface area contributed by atoms with Gasteiger partial charge in [-0.25, -0.2) is 0 Å². The summed E-state index contributed by atoms with van der Waals surface area (Å²) in [5.41, 5.74) is -0.0741. The average molecular weight is 268 g/mol. The molecule has 0 fully saturated rings. The van der Waals surface area contributed by atoms with E-state index in [9.17, 15) is 10.1 Å². The minimum atomic E-state index is -0.465. The molecule has 1 N–H and O–H groups in total. The van der Waals surface area contributed by atoms with Crippen molar-refractivity contribution in [3.05, 3.63) is 28.3 Å². The van der Waals surface area contributed by atoms with Gasteiger partial charge in [0.25, 0.3) is 0 Å². The van der Waals surface area contributed by atoms with Crippen LogP contribution in [0, 0.1) is 16.0 Å². The molecule has 0 aliphatic rings. The Morgan fingerprint density at radius 2 is 2.21 bits per heavy atom. The van der Waals surface area contributed by atoms with Crippen LogP contribution in [-0.2, 0) is 0 Å². The molecule has 1 unspecified atom stereocenters. The van der Waals surface area contributed by atoms with Gasteiger partial charge in [0, 0.05) is 12.5 Å². The van der Waals surface area contributed by atoms with Crippen molar-refractivity contribution < 1.29 is 14.4 Å². The van der Waals surface area contributed by atoms with E-state index in [2.05, 4.69) is 5.32 Å². The molecule has 0 aliphatic carbocycles. The van der Waals surface area contributed by atoms with E-state index in [-0.39, 0.29) is 17.4 Å². The van der Waals surface area contributed by atoms with Crippen LogP contribution < -0.4 is 14.8 Å². The van der Waals surface area contributed by atoms with Gasteiger partial charge in [0.05, 0.1) is 24.7 Å². The standard InChI is InChI=1S/C13H20N2O4/c1-4-14-8-10(2)9-19-13-6-5-11(18-3)7-12(13)15(16)17/h5-7,10,14H,4,8-9H2,1-3H3. The first-order valence-electron chi connectivity index (χ1n) is 6.24. The third kappa shape index (κ3) is 4.75. The van der Waals surface area contributed by atoms with Crippen molar-refractivity contribution in [2.45, 2.75) is 13.8 Å². The maximum atomic E-state index is 11.0. The molecule has 0 aliphatic heterocycles. The molecule has 0 saturated carbocycles. The van der Waals surface area contributed by atoms with Crippen molar-refractivity contribution in [2.75, 3.05) is 26.8 Å². The Hall–Kier alpha value is -1.82. The molecule has 0 heterocycles. The molecule has 1 rings (SSSR count). The highest BCUT2D eigenvalue weighted by Gasteiger charge is 2.17. The Balaban J connectivity index is 2.69. The summed E-state index contributed by atoms with van der Waals surface area (Å²) in [5, 5.41) is 14.2. The molecule has 0 spiro atoms. The van der Waals surface area contributed by atoms with E-state index in [1.165, 1.54) is 13.2 Å². The predicted molar refractivity (Wildman–Crippen MR) is 72.9 cm³/mol. The second-order valence-corrected chi connectivity index (χ2v) is 4.31. The molecule has 1 aromatic rings. The van der Waals surface area contributed by atoms with Crippen molar-refractivity contribution in [2.24, 2.45) is 5.92 Å². The lowest BCUT2D eigenvalue weighted by Gasteiger charge is -2.13. The number of rotatable bonds is 8. The van der Waals surface area contributed by atoms with Crippen LogP contribution in [0.3, 0.4) is 0 Å². The minimum absolute atomic E-state index is 0.0741. The number of hydrogen-bond donors (Lipinski definition) is 1. The van der Waals surface area contributed by atoms with Crippen molar-refractivity contribution in [1.29, 1.82) is 0 Å². The normalized spacial score (nSPS) is 11.9. The maximum absolute atomic E-state index is 11.0. The van der Waals surface area contributed by atoms with E-state index in [1.807, 2.05) is 13.8 Å². The molecular weight excluding hydrogens is 248 g/mol. The number of ether oxygens (including phenoxy) is 2. The Kier molecular flexibility index (Phi) is 6.08. The Morgan fingerprint density at radius 3 is 2.79 bits per heavy atom. The second kappa shape index (κ2) is 7.58. The van der Waals surface area contributed by atoms with Crippen molar-refractivity contribution in [3.63, 3.8) is 0 Å². The number of nitro benzene ring substituents is 1. The summed E-state index contributed by atoms with van der Waals surface area (Å²) in [7, 11) is 1.47. The zero-order valence-electron chi connectivity index (χ0n) is 11.5. The lowest BCUT2D eigenvalue weighted by Crippen LogP contribution is -2.24. The van der Waals surface area contributed by atoms with Crippen molar-refractivity contribution in [3.8, 4) is 11.5 Å². The summed E-state index contributed by atoms with van der Waals surface area (Å²) in [6, 6.07) is 4.58. The molecular formula is C13H20N2O4. The number of nitro groups is 1. The monoisotopic (exact) mass is 268 g/mol. The summed E-state index contributed by atoms with van der Waals surface area (Å²) in [6.07, 6.45) is 0. The van der Waals surface area contributed by atoms with Gasteiger partial charge in [0.15, 0.2) is 5.75 Å². The van der Waals surface area contributed by atoms with Crippen LogP contribution in [-0.4, -0.2) is 31.7 Å². The van der Waals surface area contributed by atoms with Crippen LogP contribution in [0.4, 0.5) is 5.69 Å². The van der Waals surface area contributed by atoms with Gasteiger partial charge in [-0.2, -0.15) is 0 Å². The zero-order chi connectivity index (χ0) is 14.3. The summed E-state index contributed by atoms with van der Waals surface area (Å²) < 4.78 is 10.5. The van der Waals surface area contributed by atoms with Crippen molar-refractivity contribution >= 4 is 5.69 Å². The van der Waals surface area contributed by atoms with Crippen LogP contribution >= 0.6 is 0 Å². The van der Waals surface area contributed by atoms with Gasteiger partial charge in [-0.05, 0) is 18.7 Å².